The summed E-state index contributed by atoms with van der Waals surface area (Å²) in [6, 6.07) is -0.525. The van der Waals surface area contributed by atoms with Crippen LogP contribution in [0.2, 0.25) is 0 Å². The molecule has 2 unspecified atom stereocenters. The first-order chi connectivity index (χ1) is 8.53. The predicted octanol–water partition coefficient (Wildman–Crippen LogP) is 1.11. The third kappa shape index (κ3) is 4.65. The Hall–Kier alpha value is -0.820. The Morgan fingerprint density at radius 2 is 2.11 bits per heavy atom. The van der Waals surface area contributed by atoms with Crippen LogP contribution in [0.1, 0.15) is 27.2 Å². The fraction of sp³-hybridized carbons (Fsp3) is 0.917. The summed E-state index contributed by atoms with van der Waals surface area (Å²) in [5.41, 5.74) is 5.85. The van der Waals surface area contributed by atoms with Crippen LogP contribution in [0.4, 0.5) is 13.2 Å². The quantitative estimate of drug-likeness (QED) is 0.815. The largest absolute Gasteiger partial charge is 0.405 e. The summed E-state index contributed by atoms with van der Waals surface area (Å²) in [5, 5.41) is 1.92. The number of likely N-dealkylation sites (tertiary alicyclic amines) is 1. The van der Waals surface area contributed by atoms with E-state index in [1.165, 1.54) is 0 Å². The van der Waals surface area contributed by atoms with Crippen molar-refractivity contribution in [1.82, 2.24) is 10.2 Å². The maximum absolute atomic E-state index is 12.1. The molecular weight excluding hydrogens is 259 g/mol. The van der Waals surface area contributed by atoms with Crippen LogP contribution in [0.15, 0.2) is 0 Å². The van der Waals surface area contributed by atoms with Crippen LogP contribution in [0, 0.1) is 5.41 Å². The first-order valence-corrected chi connectivity index (χ1v) is 6.37. The van der Waals surface area contributed by atoms with Crippen LogP contribution in [0.3, 0.4) is 0 Å². The van der Waals surface area contributed by atoms with Gasteiger partial charge >= 0.3 is 6.18 Å². The second-order valence-corrected chi connectivity index (χ2v) is 5.86. The van der Waals surface area contributed by atoms with E-state index in [9.17, 15) is 18.0 Å². The molecule has 0 bridgehead atoms. The van der Waals surface area contributed by atoms with Crippen molar-refractivity contribution in [2.45, 2.75) is 45.5 Å². The Labute approximate surface area is 111 Å². The number of piperidine rings is 1. The van der Waals surface area contributed by atoms with Gasteiger partial charge in [-0.2, -0.15) is 13.2 Å². The number of hydrogen-bond acceptors (Lipinski definition) is 3. The molecule has 0 saturated carbocycles. The number of nitrogens with zero attached hydrogens (tertiary/aromatic N) is 1. The van der Waals surface area contributed by atoms with Gasteiger partial charge in [0.15, 0.2) is 0 Å². The summed E-state index contributed by atoms with van der Waals surface area (Å²) in [4.78, 5) is 13.6. The first-order valence-electron chi connectivity index (χ1n) is 6.37. The normalized spacial score (nSPS) is 25.9. The van der Waals surface area contributed by atoms with Crippen LogP contribution in [-0.2, 0) is 4.79 Å². The molecule has 1 aliphatic heterocycles. The van der Waals surface area contributed by atoms with Crippen molar-refractivity contribution in [3.05, 3.63) is 0 Å². The SMILES string of the molecule is CC(C(=O)NCC(F)(F)F)N1CCC(N)C(C)(C)C1. The minimum absolute atomic E-state index is 0.0502. The number of nitrogens with one attached hydrogen (secondary N) is 1. The second-order valence-electron chi connectivity index (χ2n) is 5.86. The molecule has 112 valence electrons. The van der Waals surface area contributed by atoms with Crippen molar-refractivity contribution in [1.29, 1.82) is 0 Å². The van der Waals surface area contributed by atoms with E-state index in [2.05, 4.69) is 0 Å². The van der Waals surface area contributed by atoms with Crippen molar-refractivity contribution >= 4 is 5.91 Å². The number of hydrogen-bond donors (Lipinski definition) is 2. The highest BCUT2D eigenvalue weighted by Crippen LogP contribution is 2.28. The average molecular weight is 281 g/mol. The first kappa shape index (κ1) is 16.2. The fourth-order valence-electron chi connectivity index (χ4n) is 2.25. The summed E-state index contributed by atoms with van der Waals surface area (Å²) in [7, 11) is 0. The number of nitrogens with two attached hydrogens (primary N) is 1. The predicted molar refractivity (Wildman–Crippen MR) is 66.5 cm³/mol. The van der Waals surface area contributed by atoms with E-state index in [0.717, 1.165) is 6.42 Å². The molecule has 1 rings (SSSR count). The zero-order valence-electron chi connectivity index (χ0n) is 11.5. The molecule has 1 heterocycles. The summed E-state index contributed by atoms with van der Waals surface area (Å²) in [6.45, 7) is 5.58. The molecule has 7 heteroatoms. The lowest BCUT2D eigenvalue weighted by Crippen LogP contribution is -2.57. The number of rotatable bonds is 3. The fourth-order valence-corrected chi connectivity index (χ4v) is 2.25. The highest BCUT2D eigenvalue weighted by molar-refractivity contribution is 5.81. The van der Waals surface area contributed by atoms with Gasteiger partial charge in [-0.15, -0.1) is 0 Å². The lowest BCUT2D eigenvalue weighted by Gasteiger charge is -2.44. The molecule has 1 amide bonds. The summed E-state index contributed by atoms with van der Waals surface area (Å²) < 4.78 is 36.2. The maximum atomic E-state index is 12.1. The molecule has 0 aromatic rings. The third-order valence-electron chi connectivity index (χ3n) is 3.73. The smallest absolute Gasteiger partial charge is 0.346 e. The van der Waals surface area contributed by atoms with E-state index < -0.39 is 24.7 Å². The van der Waals surface area contributed by atoms with Gasteiger partial charge in [-0.3, -0.25) is 9.69 Å². The van der Waals surface area contributed by atoms with Crippen LogP contribution in [0.25, 0.3) is 0 Å². The van der Waals surface area contributed by atoms with Gasteiger partial charge < -0.3 is 11.1 Å². The van der Waals surface area contributed by atoms with Crippen LogP contribution in [-0.4, -0.2) is 48.7 Å². The number of alkyl halides is 3. The molecule has 1 fully saturated rings. The van der Waals surface area contributed by atoms with Gasteiger partial charge in [0.05, 0.1) is 6.04 Å². The second kappa shape index (κ2) is 5.66. The van der Waals surface area contributed by atoms with Gasteiger partial charge in [0.2, 0.25) is 5.91 Å². The highest BCUT2D eigenvalue weighted by Gasteiger charge is 2.37. The minimum Gasteiger partial charge on any atom is -0.346 e. The van der Waals surface area contributed by atoms with Crippen LogP contribution in [0.5, 0.6) is 0 Å². The molecule has 0 aromatic carbocycles. The van der Waals surface area contributed by atoms with Crippen molar-refractivity contribution in [3.63, 3.8) is 0 Å². The molecule has 19 heavy (non-hydrogen) atoms. The number of amides is 1. The van der Waals surface area contributed by atoms with Crippen molar-refractivity contribution in [2.24, 2.45) is 11.1 Å². The Morgan fingerprint density at radius 3 is 2.58 bits per heavy atom. The number of carbonyl (C=O) groups excluding carboxylic acids is 1. The summed E-state index contributed by atoms with van der Waals surface area (Å²) in [6.07, 6.45) is -3.64. The topological polar surface area (TPSA) is 58.4 Å². The average Bonchev–Trinajstić information content (AvgIpc) is 2.27. The Kier molecular flexibility index (Phi) is 4.84. The molecule has 0 radical (unpaired) electrons. The lowest BCUT2D eigenvalue weighted by atomic mass is 9.79. The van der Waals surface area contributed by atoms with Gasteiger partial charge in [0.1, 0.15) is 6.54 Å². The Balaban J connectivity index is 2.53. The van der Waals surface area contributed by atoms with Gasteiger partial charge in [0.25, 0.3) is 0 Å². The molecular formula is C12H22F3N3O. The van der Waals surface area contributed by atoms with E-state index >= 15 is 0 Å². The van der Waals surface area contributed by atoms with E-state index in [1.807, 2.05) is 24.1 Å². The summed E-state index contributed by atoms with van der Waals surface area (Å²) >= 11 is 0. The molecule has 0 aliphatic carbocycles. The molecule has 0 aromatic heterocycles. The van der Waals surface area contributed by atoms with Gasteiger partial charge in [-0.05, 0) is 18.8 Å². The van der Waals surface area contributed by atoms with E-state index in [1.54, 1.807) is 6.92 Å². The van der Waals surface area contributed by atoms with E-state index in [-0.39, 0.29) is 11.5 Å². The maximum Gasteiger partial charge on any atom is 0.405 e. The molecule has 3 N–H and O–H groups in total. The molecule has 1 aliphatic rings. The zero-order chi connectivity index (χ0) is 14.8. The Bertz CT molecular complexity index is 331. The lowest BCUT2D eigenvalue weighted by molar-refractivity contribution is -0.142. The molecule has 2 atom stereocenters. The van der Waals surface area contributed by atoms with E-state index in [4.69, 9.17) is 5.73 Å². The minimum atomic E-state index is -4.38. The highest BCUT2D eigenvalue weighted by atomic mass is 19.4. The monoisotopic (exact) mass is 281 g/mol. The van der Waals surface area contributed by atoms with Crippen molar-refractivity contribution in [2.75, 3.05) is 19.6 Å². The van der Waals surface area contributed by atoms with Crippen LogP contribution < -0.4 is 11.1 Å². The Morgan fingerprint density at radius 1 is 1.53 bits per heavy atom. The van der Waals surface area contributed by atoms with Gasteiger partial charge in [-0.25, -0.2) is 0 Å². The van der Waals surface area contributed by atoms with Crippen LogP contribution >= 0.6 is 0 Å². The van der Waals surface area contributed by atoms with E-state index in [0.29, 0.717) is 13.1 Å². The zero-order valence-corrected chi connectivity index (χ0v) is 11.5. The molecule has 1 saturated heterocycles. The third-order valence-corrected chi connectivity index (χ3v) is 3.73. The standard InChI is InChI=1S/C12H22F3N3O/c1-8(10(19)17-6-12(13,14)15)18-5-4-9(16)11(2,3)7-18/h8-9H,4-7,16H2,1-3H3,(H,17,19). The molecule has 4 nitrogen and oxygen atoms in total. The molecule has 0 spiro atoms. The number of carbonyl (C=O) groups is 1. The van der Waals surface area contributed by atoms with Crippen molar-refractivity contribution < 1.29 is 18.0 Å². The van der Waals surface area contributed by atoms with Crippen molar-refractivity contribution in [3.8, 4) is 0 Å². The summed E-state index contributed by atoms with van der Waals surface area (Å²) in [5.74, 6) is -0.594. The number of halogens is 3. The van der Waals surface area contributed by atoms with Gasteiger partial charge in [-0.1, -0.05) is 13.8 Å². The van der Waals surface area contributed by atoms with Gasteiger partial charge in [0, 0.05) is 19.1 Å².